The molecule has 0 spiro atoms. The van der Waals surface area contributed by atoms with Gasteiger partial charge in [-0.1, -0.05) is 29.4 Å². The van der Waals surface area contributed by atoms with E-state index in [2.05, 4.69) is 15.1 Å². The molecule has 1 aromatic carbocycles. The van der Waals surface area contributed by atoms with Gasteiger partial charge in [0, 0.05) is 5.39 Å². The third-order valence-electron chi connectivity index (χ3n) is 3.22. The van der Waals surface area contributed by atoms with Crippen molar-refractivity contribution in [3.8, 4) is 11.5 Å². The van der Waals surface area contributed by atoms with E-state index in [0.717, 1.165) is 23.1 Å². The predicted octanol–water partition coefficient (Wildman–Crippen LogP) is 3.04. The molecule has 1 atom stereocenters. The number of nitrogens with zero attached hydrogens (tertiary/aromatic N) is 3. The van der Waals surface area contributed by atoms with Crippen LogP contribution in [0.3, 0.4) is 0 Å². The minimum atomic E-state index is -0.223. The van der Waals surface area contributed by atoms with Gasteiger partial charge < -0.3 is 10.3 Å². The van der Waals surface area contributed by atoms with Crippen LogP contribution in [0.25, 0.3) is 22.4 Å². The summed E-state index contributed by atoms with van der Waals surface area (Å²) in [5, 5.41) is 5.07. The first-order valence-corrected chi connectivity index (χ1v) is 8.11. The van der Waals surface area contributed by atoms with Crippen LogP contribution >= 0.6 is 11.8 Å². The van der Waals surface area contributed by atoms with Crippen LogP contribution in [0.4, 0.5) is 0 Å². The minimum Gasteiger partial charge on any atom is -0.337 e. The van der Waals surface area contributed by atoms with Crippen LogP contribution < -0.4 is 5.73 Å². The van der Waals surface area contributed by atoms with Gasteiger partial charge in [0.2, 0.25) is 11.7 Å². The predicted molar refractivity (Wildman–Crippen MR) is 85.0 cm³/mol. The Kier molecular flexibility index (Phi) is 4.17. The van der Waals surface area contributed by atoms with Gasteiger partial charge in [0.1, 0.15) is 5.69 Å². The van der Waals surface area contributed by atoms with E-state index in [0.29, 0.717) is 17.4 Å². The van der Waals surface area contributed by atoms with Crippen molar-refractivity contribution in [3.63, 3.8) is 0 Å². The van der Waals surface area contributed by atoms with E-state index in [1.54, 1.807) is 11.8 Å². The number of hydrogen-bond donors (Lipinski definition) is 1. The van der Waals surface area contributed by atoms with Gasteiger partial charge in [-0.3, -0.25) is 0 Å². The highest BCUT2D eigenvalue weighted by molar-refractivity contribution is 7.98. The molecular weight excluding hydrogens is 284 g/mol. The molecule has 0 saturated heterocycles. The zero-order valence-electron chi connectivity index (χ0n) is 11.7. The van der Waals surface area contributed by atoms with Gasteiger partial charge in [-0.15, -0.1) is 0 Å². The molecule has 6 heteroatoms. The van der Waals surface area contributed by atoms with E-state index >= 15 is 0 Å². The molecule has 0 radical (unpaired) electrons. The van der Waals surface area contributed by atoms with Crippen molar-refractivity contribution >= 4 is 22.7 Å². The van der Waals surface area contributed by atoms with Crippen LogP contribution in [-0.4, -0.2) is 27.1 Å². The Labute approximate surface area is 126 Å². The molecule has 2 heterocycles. The zero-order chi connectivity index (χ0) is 14.7. The van der Waals surface area contributed by atoms with Crippen LogP contribution in [0.2, 0.25) is 0 Å². The third-order valence-corrected chi connectivity index (χ3v) is 3.86. The van der Waals surface area contributed by atoms with Gasteiger partial charge in [-0.25, -0.2) is 4.98 Å². The number of hydrogen-bond acceptors (Lipinski definition) is 6. The maximum Gasteiger partial charge on any atom is 0.243 e. The quantitative estimate of drug-likeness (QED) is 0.780. The molecule has 0 aliphatic rings. The van der Waals surface area contributed by atoms with Gasteiger partial charge >= 0.3 is 0 Å². The van der Waals surface area contributed by atoms with Crippen LogP contribution in [0, 0.1) is 0 Å². The molecule has 2 aromatic heterocycles. The number of benzene rings is 1. The van der Waals surface area contributed by atoms with Crippen LogP contribution in [-0.2, 0) is 0 Å². The van der Waals surface area contributed by atoms with Crippen molar-refractivity contribution in [2.24, 2.45) is 5.73 Å². The monoisotopic (exact) mass is 300 g/mol. The molecule has 2 N–H and O–H groups in total. The molecule has 21 heavy (non-hydrogen) atoms. The Morgan fingerprint density at radius 3 is 2.90 bits per heavy atom. The molecule has 0 aliphatic heterocycles. The fraction of sp³-hybridized carbons (Fsp3) is 0.267. The summed E-state index contributed by atoms with van der Waals surface area (Å²) >= 11 is 1.75. The summed E-state index contributed by atoms with van der Waals surface area (Å²) in [5.41, 5.74) is 7.64. The Hall–Kier alpha value is -1.92. The maximum absolute atomic E-state index is 6.03. The van der Waals surface area contributed by atoms with E-state index < -0.39 is 0 Å². The largest absolute Gasteiger partial charge is 0.337 e. The molecular formula is C15H16N4OS. The highest BCUT2D eigenvalue weighted by atomic mass is 32.2. The molecule has 0 fully saturated rings. The lowest BCUT2D eigenvalue weighted by Crippen LogP contribution is -2.11. The number of para-hydroxylation sites is 1. The molecule has 0 aliphatic carbocycles. The van der Waals surface area contributed by atoms with E-state index in [9.17, 15) is 0 Å². The lowest BCUT2D eigenvalue weighted by molar-refractivity contribution is 0.353. The fourth-order valence-electron chi connectivity index (χ4n) is 2.05. The molecule has 3 rings (SSSR count). The van der Waals surface area contributed by atoms with Crippen molar-refractivity contribution in [2.45, 2.75) is 12.5 Å². The lowest BCUT2D eigenvalue weighted by Gasteiger charge is -2.03. The van der Waals surface area contributed by atoms with Crippen molar-refractivity contribution in [1.29, 1.82) is 0 Å². The first kappa shape index (κ1) is 14.0. The maximum atomic E-state index is 6.03. The summed E-state index contributed by atoms with van der Waals surface area (Å²) in [5.74, 6) is 1.91. The Balaban J connectivity index is 1.87. The van der Waals surface area contributed by atoms with Gasteiger partial charge in [0.15, 0.2) is 0 Å². The van der Waals surface area contributed by atoms with Crippen molar-refractivity contribution in [2.75, 3.05) is 12.0 Å². The highest BCUT2D eigenvalue weighted by Crippen LogP contribution is 2.21. The molecule has 108 valence electrons. The Morgan fingerprint density at radius 2 is 2.05 bits per heavy atom. The molecule has 1 unspecified atom stereocenters. The van der Waals surface area contributed by atoms with Gasteiger partial charge in [-0.2, -0.15) is 16.7 Å². The number of thioether (sulfide) groups is 1. The average Bonchev–Trinajstić information content (AvgIpc) is 3.02. The topological polar surface area (TPSA) is 77.8 Å². The van der Waals surface area contributed by atoms with Crippen LogP contribution in [0.5, 0.6) is 0 Å². The number of fused-ring (bicyclic) bond motifs is 1. The smallest absolute Gasteiger partial charge is 0.243 e. The third kappa shape index (κ3) is 3.06. The van der Waals surface area contributed by atoms with E-state index in [1.165, 1.54) is 0 Å². The number of rotatable bonds is 5. The summed E-state index contributed by atoms with van der Waals surface area (Å²) in [7, 11) is 0. The first-order valence-electron chi connectivity index (χ1n) is 6.72. The molecule has 0 bridgehead atoms. The summed E-state index contributed by atoms with van der Waals surface area (Å²) in [6.45, 7) is 0. The normalized spacial score (nSPS) is 12.7. The number of nitrogens with two attached hydrogens (primary N) is 1. The second-order valence-corrected chi connectivity index (χ2v) is 5.72. The number of pyridine rings is 1. The van der Waals surface area contributed by atoms with E-state index in [4.69, 9.17) is 10.3 Å². The Bertz CT molecular complexity index is 743. The van der Waals surface area contributed by atoms with Gasteiger partial charge in [0.25, 0.3) is 0 Å². The van der Waals surface area contributed by atoms with Crippen LogP contribution in [0.1, 0.15) is 18.4 Å². The van der Waals surface area contributed by atoms with Crippen LogP contribution in [0.15, 0.2) is 40.9 Å². The van der Waals surface area contributed by atoms with Gasteiger partial charge in [0.05, 0.1) is 11.6 Å². The Morgan fingerprint density at radius 1 is 1.19 bits per heavy atom. The van der Waals surface area contributed by atoms with E-state index in [-0.39, 0.29) is 6.04 Å². The summed E-state index contributed by atoms with van der Waals surface area (Å²) in [4.78, 5) is 8.92. The van der Waals surface area contributed by atoms with E-state index in [1.807, 2.05) is 42.7 Å². The summed E-state index contributed by atoms with van der Waals surface area (Å²) in [6.07, 6.45) is 2.86. The molecule has 0 amide bonds. The molecule has 0 saturated carbocycles. The van der Waals surface area contributed by atoms with Crippen molar-refractivity contribution < 1.29 is 4.52 Å². The summed E-state index contributed by atoms with van der Waals surface area (Å²) < 4.78 is 5.25. The SMILES string of the molecule is CSCCC(N)c1nc(-c2ccc3ccccc3n2)no1. The van der Waals surface area contributed by atoms with Crippen molar-refractivity contribution in [1.82, 2.24) is 15.1 Å². The first-order chi connectivity index (χ1) is 10.3. The highest BCUT2D eigenvalue weighted by Gasteiger charge is 2.16. The van der Waals surface area contributed by atoms with Crippen molar-refractivity contribution in [3.05, 3.63) is 42.3 Å². The second kappa shape index (κ2) is 6.24. The lowest BCUT2D eigenvalue weighted by atomic mass is 10.2. The van der Waals surface area contributed by atoms with Gasteiger partial charge in [-0.05, 0) is 30.6 Å². The summed E-state index contributed by atoms with van der Waals surface area (Å²) in [6, 6.07) is 11.6. The molecule has 5 nitrogen and oxygen atoms in total. The number of aromatic nitrogens is 3. The zero-order valence-corrected chi connectivity index (χ0v) is 12.5. The standard InChI is InChI=1S/C15H16N4OS/c1-21-9-8-11(16)15-18-14(19-20-15)13-7-6-10-4-2-3-5-12(10)17-13/h2-7,11H,8-9,16H2,1H3. The fourth-order valence-corrected chi connectivity index (χ4v) is 2.54. The second-order valence-electron chi connectivity index (χ2n) is 4.73. The minimum absolute atomic E-state index is 0.223. The molecule has 3 aromatic rings. The average molecular weight is 300 g/mol.